The summed E-state index contributed by atoms with van der Waals surface area (Å²) < 4.78 is 26.3. The topological polar surface area (TPSA) is 116 Å². The molecule has 1 aromatic carbocycles. The molecule has 3 amide bonds. The Morgan fingerprint density at radius 3 is 2.26 bits per heavy atom. The molecule has 2 aliphatic carbocycles. The maximum atomic E-state index is 12.3. The molecule has 0 heterocycles. The standard InChI is InChI=1S/C18H25N3O5S/c1-21(18(23)24)9-4-10-27(25,26)20-17(22)19-16-14-7-2-5-12(14)11-13-6-3-8-15(13)16/h11H,2-10H2,1H3,(H,23,24)(H2,19,20,22). The predicted octanol–water partition coefficient (Wildman–Crippen LogP) is 2.12. The fraction of sp³-hybridized carbons (Fsp3) is 0.556. The quantitative estimate of drug-likeness (QED) is 0.682. The number of anilines is 1. The maximum Gasteiger partial charge on any atom is 0.407 e. The molecule has 0 radical (unpaired) electrons. The van der Waals surface area contributed by atoms with Gasteiger partial charge in [-0.05, 0) is 67.2 Å². The summed E-state index contributed by atoms with van der Waals surface area (Å²) in [6.07, 6.45) is 4.86. The lowest BCUT2D eigenvalue weighted by atomic mass is 9.99. The van der Waals surface area contributed by atoms with Crippen molar-refractivity contribution in [3.63, 3.8) is 0 Å². The van der Waals surface area contributed by atoms with Crippen molar-refractivity contribution in [3.05, 3.63) is 28.3 Å². The summed E-state index contributed by atoms with van der Waals surface area (Å²) in [6.45, 7) is 0.0809. The number of nitrogens with zero attached hydrogens (tertiary/aromatic N) is 1. The molecule has 8 nitrogen and oxygen atoms in total. The molecule has 2 aliphatic rings. The van der Waals surface area contributed by atoms with Crippen LogP contribution in [0.25, 0.3) is 0 Å². The third-order valence-corrected chi connectivity index (χ3v) is 6.52. The molecule has 1 aromatic rings. The molecule has 0 saturated carbocycles. The van der Waals surface area contributed by atoms with E-state index in [1.807, 2.05) is 4.72 Å². The minimum Gasteiger partial charge on any atom is -0.465 e. The minimum absolute atomic E-state index is 0.0809. The van der Waals surface area contributed by atoms with E-state index < -0.39 is 22.1 Å². The van der Waals surface area contributed by atoms with Crippen LogP contribution < -0.4 is 10.0 Å². The van der Waals surface area contributed by atoms with Crippen molar-refractivity contribution in [3.8, 4) is 0 Å². The Bertz CT molecular complexity index is 834. The van der Waals surface area contributed by atoms with Crippen molar-refractivity contribution in [1.82, 2.24) is 9.62 Å². The molecule has 3 rings (SSSR count). The van der Waals surface area contributed by atoms with Crippen LogP contribution >= 0.6 is 0 Å². The van der Waals surface area contributed by atoms with Crippen molar-refractivity contribution in [2.24, 2.45) is 0 Å². The number of carboxylic acid groups (broad SMARTS) is 1. The van der Waals surface area contributed by atoms with E-state index in [1.54, 1.807) is 0 Å². The number of hydrogen-bond donors (Lipinski definition) is 3. The average molecular weight is 395 g/mol. The van der Waals surface area contributed by atoms with E-state index in [9.17, 15) is 18.0 Å². The van der Waals surface area contributed by atoms with Crippen LogP contribution in [0, 0.1) is 0 Å². The number of carbonyl (C=O) groups excluding carboxylic acids is 1. The number of sulfonamides is 1. The SMILES string of the molecule is CN(CCCS(=O)(=O)NC(=O)Nc1c2c(cc3c1CCC3)CCC2)C(=O)O. The van der Waals surface area contributed by atoms with Crippen LogP contribution in [0.5, 0.6) is 0 Å². The van der Waals surface area contributed by atoms with Crippen LogP contribution in [0.1, 0.15) is 41.5 Å². The first-order chi connectivity index (χ1) is 12.8. The normalized spacial score (nSPS) is 15.1. The molecule has 0 fully saturated rings. The Hall–Kier alpha value is -2.29. The van der Waals surface area contributed by atoms with Gasteiger partial charge in [0.25, 0.3) is 0 Å². The Balaban J connectivity index is 1.64. The number of carbonyl (C=O) groups is 2. The number of rotatable bonds is 6. The lowest BCUT2D eigenvalue weighted by molar-refractivity contribution is 0.156. The van der Waals surface area contributed by atoms with Crippen LogP contribution in [0.15, 0.2) is 6.07 Å². The fourth-order valence-corrected chi connectivity index (χ4v) is 4.83. The van der Waals surface area contributed by atoms with E-state index in [4.69, 9.17) is 5.11 Å². The van der Waals surface area contributed by atoms with Gasteiger partial charge < -0.3 is 15.3 Å². The average Bonchev–Trinajstić information content (AvgIpc) is 3.22. The van der Waals surface area contributed by atoms with E-state index in [0.29, 0.717) is 0 Å². The molecular weight excluding hydrogens is 370 g/mol. The third-order valence-electron chi connectivity index (χ3n) is 5.19. The van der Waals surface area contributed by atoms with Gasteiger partial charge >= 0.3 is 12.1 Å². The monoisotopic (exact) mass is 395 g/mol. The van der Waals surface area contributed by atoms with Crippen molar-refractivity contribution in [2.75, 3.05) is 24.7 Å². The highest BCUT2D eigenvalue weighted by Crippen LogP contribution is 2.38. The van der Waals surface area contributed by atoms with Crippen molar-refractivity contribution < 1.29 is 23.1 Å². The van der Waals surface area contributed by atoms with Gasteiger partial charge in [-0.3, -0.25) is 0 Å². The highest BCUT2D eigenvalue weighted by Gasteiger charge is 2.26. The Morgan fingerprint density at radius 1 is 1.11 bits per heavy atom. The van der Waals surface area contributed by atoms with Crippen LogP contribution in [0.2, 0.25) is 0 Å². The summed E-state index contributed by atoms with van der Waals surface area (Å²) >= 11 is 0. The van der Waals surface area contributed by atoms with Crippen LogP contribution in [-0.4, -0.2) is 49.9 Å². The Morgan fingerprint density at radius 2 is 1.70 bits per heavy atom. The first-order valence-electron chi connectivity index (χ1n) is 9.19. The number of aryl methyl sites for hydroxylation is 2. The lowest BCUT2D eigenvalue weighted by Crippen LogP contribution is -2.37. The van der Waals surface area contributed by atoms with Gasteiger partial charge in [0.1, 0.15) is 0 Å². The lowest BCUT2D eigenvalue weighted by Gasteiger charge is -2.17. The molecule has 148 valence electrons. The first-order valence-corrected chi connectivity index (χ1v) is 10.8. The predicted molar refractivity (Wildman–Crippen MR) is 102 cm³/mol. The highest BCUT2D eigenvalue weighted by molar-refractivity contribution is 7.90. The van der Waals surface area contributed by atoms with Gasteiger partial charge in [-0.25, -0.2) is 22.7 Å². The summed E-state index contributed by atoms with van der Waals surface area (Å²) in [7, 11) is -2.47. The van der Waals surface area contributed by atoms with Crippen LogP contribution in [-0.2, 0) is 35.7 Å². The zero-order valence-corrected chi connectivity index (χ0v) is 16.2. The molecule has 0 spiro atoms. The number of urea groups is 1. The van der Waals surface area contributed by atoms with Gasteiger partial charge in [0.05, 0.1) is 5.75 Å². The molecule has 0 unspecified atom stereocenters. The highest BCUT2D eigenvalue weighted by atomic mass is 32.2. The van der Waals surface area contributed by atoms with Crippen molar-refractivity contribution >= 4 is 27.8 Å². The zero-order valence-electron chi connectivity index (χ0n) is 15.4. The molecule has 0 bridgehead atoms. The first kappa shape index (κ1) is 19.5. The fourth-order valence-electron chi connectivity index (χ4n) is 3.89. The van der Waals surface area contributed by atoms with E-state index >= 15 is 0 Å². The summed E-state index contributed by atoms with van der Waals surface area (Å²) in [5, 5.41) is 11.6. The molecule has 27 heavy (non-hydrogen) atoms. The summed E-state index contributed by atoms with van der Waals surface area (Å²) in [6, 6.07) is 1.49. The summed E-state index contributed by atoms with van der Waals surface area (Å²) in [5.74, 6) is -0.316. The molecule has 9 heteroatoms. The van der Waals surface area contributed by atoms with Gasteiger partial charge in [-0.15, -0.1) is 0 Å². The van der Waals surface area contributed by atoms with Gasteiger partial charge in [-0.2, -0.15) is 0 Å². The summed E-state index contributed by atoms with van der Waals surface area (Å²) in [5.41, 5.74) is 5.56. The Kier molecular flexibility index (Phi) is 5.59. The maximum absolute atomic E-state index is 12.3. The largest absolute Gasteiger partial charge is 0.465 e. The number of nitrogens with one attached hydrogen (secondary N) is 2. The second kappa shape index (κ2) is 7.75. The third kappa shape index (κ3) is 4.52. The number of amides is 3. The van der Waals surface area contributed by atoms with Crippen LogP contribution in [0.3, 0.4) is 0 Å². The number of benzene rings is 1. The van der Waals surface area contributed by atoms with Gasteiger partial charge in [0.2, 0.25) is 10.0 Å². The molecule has 0 atom stereocenters. The van der Waals surface area contributed by atoms with Gasteiger partial charge in [-0.1, -0.05) is 6.07 Å². The van der Waals surface area contributed by atoms with Gasteiger partial charge in [0.15, 0.2) is 0 Å². The second-order valence-corrected chi connectivity index (χ2v) is 9.01. The smallest absolute Gasteiger partial charge is 0.407 e. The molecular formula is C18H25N3O5S. The molecule has 3 N–H and O–H groups in total. The molecule has 0 aliphatic heterocycles. The minimum atomic E-state index is -3.83. The van der Waals surface area contributed by atoms with Gasteiger partial charge in [0, 0.05) is 19.3 Å². The number of fused-ring (bicyclic) bond motifs is 2. The zero-order chi connectivity index (χ0) is 19.6. The van der Waals surface area contributed by atoms with E-state index in [-0.39, 0.29) is 18.7 Å². The molecule has 0 saturated heterocycles. The molecule has 0 aromatic heterocycles. The van der Waals surface area contributed by atoms with E-state index in [1.165, 1.54) is 18.2 Å². The van der Waals surface area contributed by atoms with E-state index in [2.05, 4.69) is 11.4 Å². The van der Waals surface area contributed by atoms with E-state index in [0.717, 1.165) is 60.2 Å². The number of hydrogen-bond acceptors (Lipinski definition) is 4. The van der Waals surface area contributed by atoms with Crippen LogP contribution in [0.4, 0.5) is 15.3 Å². The second-order valence-electron chi connectivity index (χ2n) is 7.17. The van der Waals surface area contributed by atoms with Crippen molar-refractivity contribution in [2.45, 2.75) is 44.9 Å². The summed E-state index contributed by atoms with van der Waals surface area (Å²) in [4.78, 5) is 24.1. The van der Waals surface area contributed by atoms with Crippen molar-refractivity contribution in [1.29, 1.82) is 0 Å². The Labute approximate surface area is 159 Å².